The van der Waals surface area contributed by atoms with E-state index in [1.807, 2.05) is 0 Å². The fourth-order valence-electron chi connectivity index (χ4n) is 1.48. The van der Waals surface area contributed by atoms with E-state index in [-0.39, 0.29) is 21.4 Å². The summed E-state index contributed by atoms with van der Waals surface area (Å²) in [5.41, 5.74) is -0.823. The molecular weight excluding hydrogens is 324 g/mol. The van der Waals surface area contributed by atoms with Crippen molar-refractivity contribution in [1.82, 2.24) is 4.98 Å². The minimum Gasteiger partial charge on any atom is -0.319 e. The Balaban J connectivity index is 2.34. The van der Waals surface area contributed by atoms with Crippen LogP contribution in [0.3, 0.4) is 0 Å². The van der Waals surface area contributed by atoms with Crippen LogP contribution in [0.4, 0.5) is 15.8 Å². The number of benzene rings is 1. The summed E-state index contributed by atoms with van der Waals surface area (Å²) < 4.78 is 13.5. The molecule has 2 aromatic rings. The van der Waals surface area contributed by atoms with Crippen molar-refractivity contribution in [3.05, 3.63) is 62.1 Å². The minimum atomic E-state index is -0.836. The molecule has 0 radical (unpaired) electrons. The number of nitrogens with one attached hydrogen (secondary N) is 1. The van der Waals surface area contributed by atoms with Gasteiger partial charge < -0.3 is 5.32 Å². The van der Waals surface area contributed by atoms with Crippen LogP contribution in [0.15, 0.2) is 30.5 Å². The first kappa shape index (κ1) is 15.1. The third kappa shape index (κ3) is 3.45. The Kier molecular flexibility index (Phi) is 4.35. The highest BCUT2D eigenvalue weighted by Gasteiger charge is 2.18. The van der Waals surface area contributed by atoms with Crippen LogP contribution >= 0.6 is 23.2 Å². The number of amides is 1. The van der Waals surface area contributed by atoms with E-state index < -0.39 is 22.3 Å². The number of pyridine rings is 1. The summed E-state index contributed by atoms with van der Waals surface area (Å²) in [5, 5.41) is 12.9. The van der Waals surface area contributed by atoms with Gasteiger partial charge in [0.25, 0.3) is 11.6 Å². The van der Waals surface area contributed by atoms with Gasteiger partial charge in [0.1, 0.15) is 17.2 Å². The largest absolute Gasteiger partial charge is 0.319 e. The first-order valence-electron chi connectivity index (χ1n) is 5.45. The molecule has 1 heterocycles. The van der Waals surface area contributed by atoms with Crippen molar-refractivity contribution in [2.45, 2.75) is 0 Å². The molecule has 0 spiro atoms. The molecule has 0 unspecified atom stereocenters. The third-order valence-corrected chi connectivity index (χ3v) is 2.99. The highest BCUT2D eigenvalue weighted by Crippen LogP contribution is 2.23. The van der Waals surface area contributed by atoms with Gasteiger partial charge in [0.15, 0.2) is 0 Å². The number of carbonyl (C=O) groups excluding carboxylic acids is 1. The summed E-state index contributed by atoms with van der Waals surface area (Å²) in [4.78, 5) is 25.5. The summed E-state index contributed by atoms with van der Waals surface area (Å²) in [6, 6.07) is 4.54. The Labute approximate surface area is 127 Å². The van der Waals surface area contributed by atoms with E-state index in [1.165, 1.54) is 12.1 Å². The number of nitrogens with zero attached hydrogens (tertiary/aromatic N) is 2. The van der Waals surface area contributed by atoms with E-state index in [0.717, 1.165) is 18.3 Å². The Bertz CT molecular complexity index is 740. The van der Waals surface area contributed by atoms with E-state index in [4.69, 9.17) is 23.2 Å². The van der Waals surface area contributed by atoms with Gasteiger partial charge in [0.2, 0.25) is 0 Å². The Morgan fingerprint density at radius 3 is 2.71 bits per heavy atom. The van der Waals surface area contributed by atoms with Gasteiger partial charge in [-0.2, -0.15) is 0 Å². The molecule has 0 aliphatic heterocycles. The lowest BCUT2D eigenvalue weighted by atomic mass is 10.2. The molecule has 0 atom stereocenters. The summed E-state index contributed by atoms with van der Waals surface area (Å²) in [6.45, 7) is 0. The van der Waals surface area contributed by atoms with E-state index in [1.54, 1.807) is 0 Å². The molecule has 0 aliphatic rings. The van der Waals surface area contributed by atoms with E-state index in [2.05, 4.69) is 10.3 Å². The van der Waals surface area contributed by atoms with Crippen LogP contribution in [-0.2, 0) is 0 Å². The average Bonchev–Trinajstić information content (AvgIpc) is 2.43. The number of halogens is 3. The van der Waals surface area contributed by atoms with Crippen LogP contribution in [0.25, 0.3) is 0 Å². The molecule has 6 nitrogen and oxygen atoms in total. The van der Waals surface area contributed by atoms with E-state index >= 15 is 0 Å². The predicted octanol–water partition coefficient (Wildman–Crippen LogP) is 3.69. The van der Waals surface area contributed by atoms with Gasteiger partial charge in [0.05, 0.1) is 16.2 Å². The molecule has 1 amide bonds. The van der Waals surface area contributed by atoms with Crippen LogP contribution in [0.5, 0.6) is 0 Å². The normalized spacial score (nSPS) is 10.2. The molecule has 21 heavy (non-hydrogen) atoms. The molecule has 0 bridgehead atoms. The van der Waals surface area contributed by atoms with Gasteiger partial charge in [-0.1, -0.05) is 23.2 Å². The number of hydrogen-bond donors (Lipinski definition) is 1. The molecule has 1 aromatic heterocycles. The van der Waals surface area contributed by atoms with Crippen LogP contribution in [0.1, 0.15) is 10.4 Å². The van der Waals surface area contributed by atoms with Crippen molar-refractivity contribution in [2.24, 2.45) is 0 Å². The van der Waals surface area contributed by atoms with Crippen LogP contribution in [0.2, 0.25) is 10.2 Å². The number of rotatable bonds is 3. The quantitative estimate of drug-likeness (QED) is 0.528. The fourth-order valence-corrected chi connectivity index (χ4v) is 1.84. The molecular formula is C12H6Cl2FN3O3. The second kappa shape index (κ2) is 6.02. The molecule has 108 valence electrons. The van der Waals surface area contributed by atoms with E-state index in [9.17, 15) is 19.3 Å². The van der Waals surface area contributed by atoms with Gasteiger partial charge in [-0.3, -0.25) is 14.9 Å². The van der Waals surface area contributed by atoms with Crippen molar-refractivity contribution < 1.29 is 14.1 Å². The highest BCUT2D eigenvalue weighted by atomic mass is 35.5. The summed E-state index contributed by atoms with van der Waals surface area (Å²) in [7, 11) is 0. The number of hydrogen-bond acceptors (Lipinski definition) is 4. The van der Waals surface area contributed by atoms with Crippen LogP contribution < -0.4 is 5.32 Å². The predicted molar refractivity (Wildman–Crippen MR) is 75.3 cm³/mol. The van der Waals surface area contributed by atoms with Crippen molar-refractivity contribution in [3.8, 4) is 0 Å². The molecule has 0 saturated heterocycles. The monoisotopic (exact) mass is 329 g/mol. The fraction of sp³-hybridized carbons (Fsp3) is 0. The zero-order valence-corrected chi connectivity index (χ0v) is 11.7. The number of carbonyl (C=O) groups is 1. The molecule has 0 saturated carbocycles. The van der Waals surface area contributed by atoms with E-state index in [0.29, 0.717) is 0 Å². The Hall–Kier alpha value is -2.25. The maximum Gasteiger partial charge on any atom is 0.288 e. The van der Waals surface area contributed by atoms with Crippen LogP contribution in [0, 0.1) is 15.9 Å². The third-order valence-electron chi connectivity index (χ3n) is 2.46. The lowest BCUT2D eigenvalue weighted by molar-refractivity contribution is -0.385. The van der Waals surface area contributed by atoms with Crippen molar-refractivity contribution >= 4 is 40.5 Å². The van der Waals surface area contributed by atoms with Crippen molar-refractivity contribution in [2.75, 3.05) is 5.32 Å². The van der Waals surface area contributed by atoms with Crippen molar-refractivity contribution in [1.29, 1.82) is 0 Å². The molecule has 1 aromatic carbocycles. The van der Waals surface area contributed by atoms with Crippen molar-refractivity contribution in [3.63, 3.8) is 0 Å². The standard InChI is InChI=1S/C12H6Cl2FN3O3/c13-6-1-2-9(15)10(3-6)17-12(19)8-4-7(18(20)21)5-16-11(8)14/h1-5H,(H,17,19). The number of nitro groups is 1. The Morgan fingerprint density at radius 2 is 2.05 bits per heavy atom. The topological polar surface area (TPSA) is 85.1 Å². The number of anilines is 1. The van der Waals surface area contributed by atoms with Gasteiger partial charge in [-0.25, -0.2) is 9.37 Å². The minimum absolute atomic E-state index is 0.171. The first-order chi connectivity index (χ1) is 9.88. The first-order valence-corrected chi connectivity index (χ1v) is 6.20. The SMILES string of the molecule is O=C(Nc1cc(Cl)ccc1F)c1cc([N+](=O)[O-])cnc1Cl. The second-order valence-corrected chi connectivity index (χ2v) is 4.66. The maximum absolute atomic E-state index is 13.5. The Morgan fingerprint density at radius 1 is 1.33 bits per heavy atom. The molecule has 1 N–H and O–H groups in total. The van der Waals surface area contributed by atoms with Gasteiger partial charge in [0, 0.05) is 11.1 Å². The molecule has 9 heteroatoms. The maximum atomic E-state index is 13.5. The summed E-state index contributed by atoms with van der Waals surface area (Å²) >= 11 is 11.4. The molecule has 0 aliphatic carbocycles. The summed E-state index contributed by atoms with van der Waals surface area (Å²) in [6.07, 6.45) is 0.916. The average molecular weight is 330 g/mol. The molecule has 0 fully saturated rings. The van der Waals surface area contributed by atoms with Gasteiger partial charge in [-0.05, 0) is 18.2 Å². The van der Waals surface area contributed by atoms with Gasteiger partial charge >= 0.3 is 0 Å². The second-order valence-electron chi connectivity index (χ2n) is 3.87. The lowest BCUT2D eigenvalue weighted by Crippen LogP contribution is -2.14. The smallest absolute Gasteiger partial charge is 0.288 e. The zero-order valence-electron chi connectivity index (χ0n) is 10.1. The highest BCUT2D eigenvalue weighted by molar-refractivity contribution is 6.33. The number of aromatic nitrogens is 1. The zero-order chi connectivity index (χ0) is 15.6. The van der Waals surface area contributed by atoms with Gasteiger partial charge in [-0.15, -0.1) is 0 Å². The molecule has 2 rings (SSSR count). The summed E-state index contributed by atoms with van der Waals surface area (Å²) in [5.74, 6) is -1.54. The van der Waals surface area contributed by atoms with Crippen LogP contribution in [-0.4, -0.2) is 15.8 Å². The lowest BCUT2D eigenvalue weighted by Gasteiger charge is -2.07.